The molecule has 3 nitrogen and oxygen atoms in total. The number of aryl methyl sites for hydroxylation is 1. The monoisotopic (exact) mass is 322 g/mol. The summed E-state index contributed by atoms with van der Waals surface area (Å²) in [6.45, 7) is 0. The summed E-state index contributed by atoms with van der Waals surface area (Å²) in [5.41, 5.74) is 1.60. The van der Waals surface area contributed by atoms with Gasteiger partial charge in [-0.2, -0.15) is 0 Å². The highest BCUT2D eigenvalue weighted by molar-refractivity contribution is 6.30. The maximum Gasteiger partial charge on any atom is 0.177 e. The maximum atomic E-state index is 11.6. The minimum atomic E-state index is -0.147. The SMILES string of the molecule is O=C(CCl)c1ccc2c(c1)Oc1ccc(CCCl)cc1O2. The zero-order chi connectivity index (χ0) is 14.8. The lowest BCUT2D eigenvalue weighted by Gasteiger charge is -2.21. The van der Waals surface area contributed by atoms with E-state index in [0.717, 1.165) is 12.0 Å². The average Bonchev–Trinajstić information content (AvgIpc) is 2.52. The van der Waals surface area contributed by atoms with E-state index in [4.69, 9.17) is 32.7 Å². The Bertz CT molecular complexity index is 698. The van der Waals surface area contributed by atoms with Crippen LogP contribution in [0.3, 0.4) is 0 Å². The molecular formula is C16H12Cl2O3. The summed E-state index contributed by atoms with van der Waals surface area (Å²) in [6.07, 6.45) is 0.772. The molecule has 3 rings (SSSR count). The first-order valence-corrected chi connectivity index (χ1v) is 7.56. The van der Waals surface area contributed by atoms with Crippen LogP contribution in [0.15, 0.2) is 36.4 Å². The Morgan fingerprint density at radius 2 is 1.57 bits per heavy atom. The molecule has 0 saturated carbocycles. The highest BCUT2D eigenvalue weighted by atomic mass is 35.5. The third-order valence-corrected chi connectivity index (χ3v) is 3.65. The van der Waals surface area contributed by atoms with Gasteiger partial charge in [-0.05, 0) is 42.3 Å². The average molecular weight is 323 g/mol. The van der Waals surface area contributed by atoms with E-state index in [-0.39, 0.29) is 11.7 Å². The smallest absolute Gasteiger partial charge is 0.177 e. The van der Waals surface area contributed by atoms with Crippen molar-refractivity contribution in [2.75, 3.05) is 11.8 Å². The van der Waals surface area contributed by atoms with Gasteiger partial charge in [0.25, 0.3) is 0 Å². The number of carbonyl (C=O) groups excluding carboxylic acids is 1. The van der Waals surface area contributed by atoms with Crippen molar-refractivity contribution in [2.24, 2.45) is 0 Å². The first-order chi connectivity index (χ1) is 10.2. The zero-order valence-corrected chi connectivity index (χ0v) is 12.6. The highest BCUT2D eigenvalue weighted by Gasteiger charge is 2.20. The van der Waals surface area contributed by atoms with E-state index >= 15 is 0 Å². The number of alkyl halides is 2. The highest BCUT2D eigenvalue weighted by Crippen LogP contribution is 2.45. The Morgan fingerprint density at radius 1 is 0.905 bits per heavy atom. The van der Waals surface area contributed by atoms with Crippen molar-refractivity contribution in [1.29, 1.82) is 0 Å². The van der Waals surface area contributed by atoms with Crippen LogP contribution in [0, 0.1) is 0 Å². The molecule has 21 heavy (non-hydrogen) atoms. The van der Waals surface area contributed by atoms with E-state index in [1.807, 2.05) is 18.2 Å². The van der Waals surface area contributed by atoms with Crippen LogP contribution in [0.1, 0.15) is 15.9 Å². The second-order valence-electron chi connectivity index (χ2n) is 4.64. The number of hydrogen-bond acceptors (Lipinski definition) is 3. The van der Waals surface area contributed by atoms with Gasteiger partial charge in [-0.3, -0.25) is 4.79 Å². The van der Waals surface area contributed by atoms with E-state index in [1.54, 1.807) is 18.2 Å². The molecular weight excluding hydrogens is 311 g/mol. The molecule has 0 radical (unpaired) electrons. The molecule has 0 spiro atoms. The summed E-state index contributed by atoms with van der Waals surface area (Å²) in [5, 5.41) is 0. The third kappa shape index (κ3) is 2.85. The molecule has 0 N–H and O–H groups in total. The van der Waals surface area contributed by atoms with Crippen LogP contribution in [0.4, 0.5) is 0 Å². The van der Waals surface area contributed by atoms with Crippen molar-refractivity contribution in [1.82, 2.24) is 0 Å². The predicted octanol–water partition coefficient (Wildman–Crippen LogP) is 4.79. The van der Waals surface area contributed by atoms with Crippen LogP contribution in [-0.2, 0) is 6.42 Å². The van der Waals surface area contributed by atoms with Crippen LogP contribution in [-0.4, -0.2) is 17.5 Å². The van der Waals surface area contributed by atoms with Crippen LogP contribution >= 0.6 is 23.2 Å². The molecule has 0 amide bonds. The topological polar surface area (TPSA) is 35.5 Å². The molecule has 0 fully saturated rings. The number of ketones is 1. The van der Waals surface area contributed by atoms with Gasteiger partial charge in [-0.1, -0.05) is 6.07 Å². The molecule has 1 heterocycles. The number of Topliss-reactive ketones (excluding diaryl/α,β-unsaturated/α-hetero) is 1. The van der Waals surface area contributed by atoms with E-state index < -0.39 is 0 Å². The van der Waals surface area contributed by atoms with Crippen molar-refractivity contribution in [2.45, 2.75) is 6.42 Å². The number of fused-ring (bicyclic) bond motifs is 2. The normalized spacial score (nSPS) is 11.9. The van der Waals surface area contributed by atoms with Crippen molar-refractivity contribution in [3.05, 3.63) is 47.5 Å². The number of ether oxygens (including phenoxy) is 2. The van der Waals surface area contributed by atoms with Crippen LogP contribution < -0.4 is 9.47 Å². The largest absolute Gasteiger partial charge is 0.450 e. The fourth-order valence-electron chi connectivity index (χ4n) is 2.14. The molecule has 0 aliphatic carbocycles. The molecule has 2 aromatic carbocycles. The Kier molecular flexibility index (Phi) is 4.04. The van der Waals surface area contributed by atoms with Gasteiger partial charge < -0.3 is 9.47 Å². The molecule has 0 atom stereocenters. The van der Waals surface area contributed by atoms with Gasteiger partial charge in [0.15, 0.2) is 28.8 Å². The molecule has 0 aromatic heterocycles. The van der Waals surface area contributed by atoms with Crippen molar-refractivity contribution in [3.8, 4) is 23.0 Å². The maximum absolute atomic E-state index is 11.6. The lowest BCUT2D eigenvalue weighted by Crippen LogP contribution is -2.04. The Morgan fingerprint density at radius 3 is 2.24 bits per heavy atom. The van der Waals surface area contributed by atoms with Crippen LogP contribution in [0.2, 0.25) is 0 Å². The zero-order valence-electron chi connectivity index (χ0n) is 11.1. The number of rotatable bonds is 4. The van der Waals surface area contributed by atoms with Gasteiger partial charge in [-0.25, -0.2) is 0 Å². The van der Waals surface area contributed by atoms with Gasteiger partial charge in [0.1, 0.15) is 0 Å². The van der Waals surface area contributed by atoms with E-state index in [1.165, 1.54) is 0 Å². The summed E-state index contributed by atoms with van der Waals surface area (Å²) in [7, 11) is 0. The van der Waals surface area contributed by atoms with Gasteiger partial charge in [0.2, 0.25) is 0 Å². The lowest BCUT2D eigenvalue weighted by molar-refractivity contribution is 0.102. The molecule has 0 saturated heterocycles. The molecule has 5 heteroatoms. The van der Waals surface area contributed by atoms with E-state index in [2.05, 4.69) is 0 Å². The van der Waals surface area contributed by atoms with Crippen molar-refractivity contribution in [3.63, 3.8) is 0 Å². The van der Waals surface area contributed by atoms with E-state index in [9.17, 15) is 4.79 Å². The van der Waals surface area contributed by atoms with Crippen LogP contribution in [0.25, 0.3) is 0 Å². The van der Waals surface area contributed by atoms with Gasteiger partial charge in [-0.15, -0.1) is 23.2 Å². The first-order valence-electron chi connectivity index (χ1n) is 6.49. The fourth-order valence-corrected chi connectivity index (χ4v) is 2.51. The standard InChI is InChI=1S/C16H12Cl2O3/c17-6-5-10-1-3-13-15(7-10)20-14-4-2-11(12(19)9-18)8-16(14)21-13/h1-4,7-8H,5-6,9H2. The predicted molar refractivity (Wildman–Crippen MR) is 82.5 cm³/mol. The summed E-state index contributed by atoms with van der Waals surface area (Å²) >= 11 is 11.3. The van der Waals surface area contributed by atoms with Gasteiger partial charge >= 0.3 is 0 Å². The second kappa shape index (κ2) is 5.96. The quantitative estimate of drug-likeness (QED) is 0.512. The molecule has 1 aliphatic heterocycles. The first kappa shape index (κ1) is 14.2. The summed E-state index contributed by atoms with van der Waals surface area (Å²) in [5.74, 6) is 2.72. The molecule has 108 valence electrons. The summed E-state index contributed by atoms with van der Waals surface area (Å²) in [4.78, 5) is 11.6. The van der Waals surface area contributed by atoms with Gasteiger partial charge in [0, 0.05) is 11.4 Å². The summed E-state index contributed by atoms with van der Waals surface area (Å²) in [6, 6.07) is 10.8. The van der Waals surface area contributed by atoms with E-state index in [0.29, 0.717) is 34.4 Å². The number of carbonyl (C=O) groups is 1. The Balaban J connectivity index is 1.92. The molecule has 0 unspecified atom stereocenters. The van der Waals surface area contributed by atoms with Crippen molar-refractivity contribution < 1.29 is 14.3 Å². The summed E-state index contributed by atoms with van der Waals surface area (Å²) < 4.78 is 11.6. The third-order valence-electron chi connectivity index (χ3n) is 3.22. The minimum Gasteiger partial charge on any atom is -0.450 e. The minimum absolute atomic E-state index is 0.0575. The lowest BCUT2D eigenvalue weighted by atomic mass is 10.1. The number of halogens is 2. The fraction of sp³-hybridized carbons (Fsp3) is 0.188. The molecule has 2 aromatic rings. The number of benzene rings is 2. The molecule has 1 aliphatic rings. The van der Waals surface area contributed by atoms with Gasteiger partial charge in [0.05, 0.1) is 5.88 Å². The second-order valence-corrected chi connectivity index (χ2v) is 5.29. The molecule has 0 bridgehead atoms. The number of hydrogen-bond donors (Lipinski definition) is 0. The Hall–Kier alpha value is -1.71. The van der Waals surface area contributed by atoms with Crippen molar-refractivity contribution >= 4 is 29.0 Å². The Labute approximate surface area is 132 Å². The van der Waals surface area contributed by atoms with Crippen LogP contribution in [0.5, 0.6) is 23.0 Å².